The Morgan fingerprint density at radius 2 is 2.00 bits per heavy atom. The number of hydrogen-bond acceptors (Lipinski definition) is 4. The van der Waals surface area contributed by atoms with Crippen LogP contribution >= 0.6 is 0 Å². The molecule has 5 nitrogen and oxygen atoms in total. The van der Waals surface area contributed by atoms with Crippen molar-refractivity contribution < 1.29 is 22.7 Å². The van der Waals surface area contributed by atoms with E-state index < -0.39 is 21.4 Å². The van der Waals surface area contributed by atoms with Gasteiger partial charge in [-0.2, -0.15) is 0 Å². The molecule has 0 amide bonds. The van der Waals surface area contributed by atoms with E-state index in [1.807, 2.05) is 0 Å². The molecular weight excluding hydrogens is 285 g/mol. The van der Waals surface area contributed by atoms with Gasteiger partial charge in [-0.25, -0.2) is 17.5 Å². The maximum absolute atomic E-state index is 13.2. The van der Waals surface area contributed by atoms with E-state index in [4.69, 9.17) is 4.74 Å². The molecular formula is C13H18FNO4S. The first kappa shape index (κ1) is 15.4. The van der Waals surface area contributed by atoms with E-state index in [2.05, 4.69) is 4.72 Å². The van der Waals surface area contributed by atoms with Gasteiger partial charge in [0.15, 0.2) is 0 Å². The lowest BCUT2D eigenvalue weighted by molar-refractivity contribution is 0.0314. The molecule has 2 N–H and O–H groups in total. The highest BCUT2D eigenvalue weighted by atomic mass is 32.2. The molecule has 0 bridgehead atoms. The third-order valence-corrected chi connectivity index (χ3v) is 5.07. The smallest absolute Gasteiger partial charge is 0.241 e. The number of hydrogen-bond donors (Lipinski definition) is 2. The topological polar surface area (TPSA) is 75.6 Å². The Kier molecular flexibility index (Phi) is 4.15. The van der Waals surface area contributed by atoms with Crippen LogP contribution in [0.1, 0.15) is 17.5 Å². The number of nitrogens with one attached hydrogen (secondary N) is 1. The molecule has 2 rings (SSSR count). The second-order valence-corrected chi connectivity index (χ2v) is 6.92. The fourth-order valence-electron chi connectivity index (χ4n) is 2.36. The summed E-state index contributed by atoms with van der Waals surface area (Å²) in [6.45, 7) is 3.48. The standard InChI is InChI=1S/C13H18FNO4S/c1-9-5-11(14)6-10(2)12(9)20(17,18)15-7-13(16)3-4-19-8-13/h5-6,15-16H,3-4,7-8H2,1-2H3. The first-order chi connectivity index (χ1) is 9.23. The summed E-state index contributed by atoms with van der Waals surface area (Å²) >= 11 is 0. The van der Waals surface area contributed by atoms with Crippen molar-refractivity contribution in [2.45, 2.75) is 30.8 Å². The molecule has 1 aromatic carbocycles. The summed E-state index contributed by atoms with van der Waals surface area (Å²) in [5.41, 5.74) is -0.496. The quantitative estimate of drug-likeness (QED) is 0.865. The molecule has 112 valence electrons. The lowest BCUT2D eigenvalue weighted by atomic mass is 10.1. The van der Waals surface area contributed by atoms with E-state index in [1.54, 1.807) is 0 Å². The van der Waals surface area contributed by atoms with Gasteiger partial charge < -0.3 is 9.84 Å². The number of ether oxygens (including phenoxy) is 1. The number of sulfonamides is 1. The van der Waals surface area contributed by atoms with Gasteiger partial charge in [0, 0.05) is 19.6 Å². The van der Waals surface area contributed by atoms with Gasteiger partial charge in [0.05, 0.1) is 11.5 Å². The highest BCUT2D eigenvalue weighted by Crippen LogP contribution is 2.23. The number of rotatable bonds is 4. The molecule has 1 aliphatic heterocycles. The number of benzene rings is 1. The Balaban J connectivity index is 2.23. The van der Waals surface area contributed by atoms with E-state index in [-0.39, 0.29) is 18.0 Å². The van der Waals surface area contributed by atoms with Crippen LogP contribution in [0.25, 0.3) is 0 Å². The van der Waals surface area contributed by atoms with Crippen LogP contribution in [0.2, 0.25) is 0 Å². The summed E-state index contributed by atoms with van der Waals surface area (Å²) in [6, 6.07) is 2.35. The minimum Gasteiger partial charge on any atom is -0.386 e. The molecule has 1 aliphatic rings. The van der Waals surface area contributed by atoms with Crippen molar-refractivity contribution in [2.24, 2.45) is 0 Å². The zero-order chi connectivity index (χ0) is 15.0. The normalized spacial score (nSPS) is 23.2. The lowest BCUT2D eigenvalue weighted by Crippen LogP contribution is -2.43. The molecule has 1 saturated heterocycles. The van der Waals surface area contributed by atoms with Gasteiger partial charge in [0.25, 0.3) is 0 Å². The predicted octanol–water partition coefficient (Wildman–Crippen LogP) is 0.872. The summed E-state index contributed by atoms with van der Waals surface area (Å²) < 4.78 is 45.3. The second-order valence-electron chi connectivity index (χ2n) is 5.22. The van der Waals surface area contributed by atoms with Crippen LogP contribution in [-0.2, 0) is 14.8 Å². The van der Waals surface area contributed by atoms with Crippen molar-refractivity contribution in [3.05, 3.63) is 29.1 Å². The first-order valence-electron chi connectivity index (χ1n) is 6.30. The zero-order valence-corrected chi connectivity index (χ0v) is 12.3. The van der Waals surface area contributed by atoms with E-state index in [0.717, 1.165) is 0 Å². The average Bonchev–Trinajstić information content (AvgIpc) is 2.73. The Morgan fingerprint density at radius 3 is 2.50 bits per heavy atom. The highest BCUT2D eigenvalue weighted by molar-refractivity contribution is 7.89. The number of aryl methyl sites for hydroxylation is 2. The number of aliphatic hydroxyl groups is 1. The lowest BCUT2D eigenvalue weighted by Gasteiger charge is -2.21. The molecule has 1 heterocycles. The van der Waals surface area contributed by atoms with Gasteiger partial charge >= 0.3 is 0 Å². The fraction of sp³-hybridized carbons (Fsp3) is 0.538. The van der Waals surface area contributed by atoms with Crippen LogP contribution < -0.4 is 4.72 Å². The molecule has 1 aromatic rings. The third kappa shape index (κ3) is 3.17. The van der Waals surface area contributed by atoms with Crippen LogP contribution in [0, 0.1) is 19.7 Å². The maximum Gasteiger partial charge on any atom is 0.241 e. The molecule has 1 unspecified atom stereocenters. The van der Waals surface area contributed by atoms with Crippen molar-refractivity contribution in [1.29, 1.82) is 0 Å². The molecule has 0 aliphatic carbocycles. The van der Waals surface area contributed by atoms with Crippen LogP contribution in [0.3, 0.4) is 0 Å². The minimum absolute atomic E-state index is 0.0569. The van der Waals surface area contributed by atoms with E-state index in [1.165, 1.54) is 26.0 Å². The monoisotopic (exact) mass is 303 g/mol. The average molecular weight is 303 g/mol. The maximum atomic E-state index is 13.2. The molecule has 0 saturated carbocycles. The van der Waals surface area contributed by atoms with Crippen molar-refractivity contribution in [3.8, 4) is 0 Å². The van der Waals surface area contributed by atoms with E-state index in [0.29, 0.717) is 24.2 Å². The van der Waals surface area contributed by atoms with Crippen LogP contribution in [0.15, 0.2) is 17.0 Å². The van der Waals surface area contributed by atoms with Crippen LogP contribution in [-0.4, -0.2) is 38.9 Å². The van der Waals surface area contributed by atoms with Gasteiger partial charge in [-0.05, 0) is 37.1 Å². The van der Waals surface area contributed by atoms with Gasteiger partial charge in [-0.1, -0.05) is 0 Å². The molecule has 0 radical (unpaired) electrons. The van der Waals surface area contributed by atoms with Crippen molar-refractivity contribution in [3.63, 3.8) is 0 Å². The number of halogens is 1. The largest absolute Gasteiger partial charge is 0.386 e. The third-order valence-electron chi connectivity index (χ3n) is 3.37. The van der Waals surface area contributed by atoms with Gasteiger partial charge in [0.1, 0.15) is 11.4 Å². The van der Waals surface area contributed by atoms with E-state index >= 15 is 0 Å². The molecule has 1 atom stereocenters. The fourth-order valence-corrected chi connectivity index (χ4v) is 3.93. The summed E-state index contributed by atoms with van der Waals surface area (Å²) in [5, 5.41) is 10.1. The molecule has 20 heavy (non-hydrogen) atoms. The Hall–Kier alpha value is -1.02. The van der Waals surface area contributed by atoms with Gasteiger partial charge in [-0.15, -0.1) is 0 Å². The second kappa shape index (κ2) is 5.40. The molecule has 1 fully saturated rings. The van der Waals surface area contributed by atoms with Crippen molar-refractivity contribution in [2.75, 3.05) is 19.8 Å². The Morgan fingerprint density at radius 1 is 1.40 bits per heavy atom. The van der Waals surface area contributed by atoms with Crippen molar-refractivity contribution in [1.82, 2.24) is 4.72 Å². The van der Waals surface area contributed by atoms with Gasteiger partial charge in [0.2, 0.25) is 10.0 Å². The molecule has 7 heteroatoms. The van der Waals surface area contributed by atoms with Crippen molar-refractivity contribution >= 4 is 10.0 Å². The molecule has 0 spiro atoms. The predicted molar refractivity (Wildman–Crippen MR) is 71.4 cm³/mol. The first-order valence-corrected chi connectivity index (χ1v) is 7.78. The zero-order valence-electron chi connectivity index (χ0n) is 11.4. The summed E-state index contributed by atoms with van der Waals surface area (Å²) in [6.07, 6.45) is 0.386. The Bertz CT molecular complexity index is 586. The SMILES string of the molecule is Cc1cc(F)cc(C)c1S(=O)(=O)NCC1(O)CCOC1. The minimum atomic E-state index is -3.80. The summed E-state index contributed by atoms with van der Waals surface area (Å²) in [7, 11) is -3.80. The highest BCUT2D eigenvalue weighted by Gasteiger charge is 2.34. The Labute approximate surface area is 117 Å². The summed E-state index contributed by atoms with van der Waals surface area (Å²) in [5.74, 6) is -0.471. The van der Waals surface area contributed by atoms with Gasteiger partial charge in [-0.3, -0.25) is 0 Å². The van der Waals surface area contributed by atoms with Crippen LogP contribution in [0.5, 0.6) is 0 Å². The van der Waals surface area contributed by atoms with E-state index in [9.17, 15) is 17.9 Å². The summed E-state index contributed by atoms with van der Waals surface area (Å²) in [4.78, 5) is 0.0569. The molecule has 0 aromatic heterocycles. The van der Waals surface area contributed by atoms with Crippen LogP contribution in [0.4, 0.5) is 4.39 Å².